The fourth-order valence-corrected chi connectivity index (χ4v) is 1.07. The van der Waals surface area contributed by atoms with Gasteiger partial charge in [-0.05, 0) is 6.07 Å². The standard InChI is InChI=1S/C8H6N4O3/c9-8(14)15-7(13)5-4-6-10-2-1-3-12(6)11-5/h1-4H,(H2,9,14). The molecule has 0 aliphatic carbocycles. The van der Waals surface area contributed by atoms with E-state index >= 15 is 0 Å². The lowest BCUT2D eigenvalue weighted by Gasteiger charge is -1.93. The van der Waals surface area contributed by atoms with Crippen molar-refractivity contribution >= 4 is 17.7 Å². The molecule has 15 heavy (non-hydrogen) atoms. The molecule has 2 N–H and O–H groups in total. The van der Waals surface area contributed by atoms with Crippen molar-refractivity contribution in [1.82, 2.24) is 14.6 Å². The van der Waals surface area contributed by atoms with Crippen LogP contribution in [0.15, 0.2) is 24.5 Å². The number of fused-ring (bicyclic) bond motifs is 1. The summed E-state index contributed by atoms with van der Waals surface area (Å²) < 4.78 is 5.55. The van der Waals surface area contributed by atoms with Crippen molar-refractivity contribution in [2.24, 2.45) is 5.73 Å². The van der Waals surface area contributed by atoms with Crippen LogP contribution in [0.25, 0.3) is 5.65 Å². The molecule has 0 saturated carbocycles. The van der Waals surface area contributed by atoms with Crippen molar-refractivity contribution in [3.8, 4) is 0 Å². The monoisotopic (exact) mass is 206 g/mol. The third kappa shape index (κ3) is 1.75. The Hall–Kier alpha value is -2.44. The lowest BCUT2D eigenvalue weighted by atomic mass is 10.4. The molecule has 0 radical (unpaired) electrons. The first-order valence-corrected chi connectivity index (χ1v) is 3.99. The average molecular weight is 206 g/mol. The van der Waals surface area contributed by atoms with Crippen molar-refractivity contribution in [1.29, 1.82) is 0 Å². The highest BCUT2D eigenvalue weighted by Crippen LogP contribution is 2.04. The summed E-state index contributed by atoms with van der Waals surface area (Å²) >= 11 is 0. The van der Waals surface area contributed by atoms with Gasteiger partial charge in [-0.3, -0.25) is 0 Å². The first kappa shape index (κ1) is 9.13. The Morgan fingerprint density at radius 2 is 2.27 bits per heavy atom. The van der Waals surface area contributed by atoms with Crippen LogP contribution < -0.4 is 5.73 Å². The molecular formula is C8H6N4O3. The molecule has 0 spiro atoms. The molecule has 7 heteroatoms. The number of esters is 1. The van der Waals surface area contributed by atoms with Gasteiger partial charge in [0.2, 0.25) is 0 Å². The first-order valence-electron chi connectivity index (χ1n) is 3.99. The molecule has 1 amide bonds. The second kappa shape index (κ2) is 3.37. The summed E-state index contributed by atoms with van der Waals surface area (Å²) in [5.74, 6) is -0.895. The van der Waals surface area contributed by atoms with Crippen molar-refractivity contribution in [3.05, 3.63) is 30.2 Å². The SMILES string of the molecule is NC(=O)OC(=O)c1cc2ncccn2n1. The molecule has 0 unspecified atom stereocenters. The molecule has 0 bridgehead atoms. The highest BCUT2D eigenvalue weighted by Gasteiger charge is 2.14. The normalized spacial score (nSPS) is 10.1. The molecule has 0 atom stereocenters. The van der Waals surface area contributed by atoms with E-state index in [9.17, 15) is 9.59 Å². The Bertz CT molecular complexity index is 500. The fraction of sp³-hybridized carbons (Fsp3) is 0. The van der Waals surface area contributed by atoms with E-state index in [1.165, 1.54) is 10.6 Å². The molecule has 0 aliphatic heterocycles. The zero-order valence-corrected chi connectivity index (χ0v) is 7.45. The quantitative estimate of drug-likeness (QED) is 0.521. The van der Waals surface area contributed by atoms with Crippen molar-refractivity contribution in [2.45, 2.75) is 0 Å². The molecule has 76 valence electrons. The van der Waals surface area contributed by atoms with Crippen LogP contribution in [0.1, 0.15) is 10.5 Å². The van der Waals surface area contributed by atoms with Crippen molar-refractivity contribution in [2.75, 3.05) is 0 Å². The topological polar surface area (TPSA) is 99.6 Å². The van der Waals surface area contributed by atoms with Gasteiger partial charge < -0.3 is 10.5 Å². The average Bonchev–Trinajstić information content (AvgIpc) is 2.59. The van der Waals surface area contributed by atoms with E-state index in [-0.39, 0.29) is 5.69 Å². The summed E-state index contributed by atoms with van der Waals surface area (Å²) in [6.45, 7) is 0. The maximum Gasteiger partial charge on any atom is 0.412 e. The third-order valence-corrected chi connectivity index (χ3v) is 1.64. The first-order chi connectivity index (χ1) is 7.16. The van der Waals surface area contributed by atoms with Gasteiger partial charge in [0.15, 0.2) is 11.3 Å². The third-order valence-electron chi connectivity index (χ3n) is 1.64. The van der Waals surface area contributed by atoms with Gasteiger partial charge >= 0.3 is 12.1 Å². The van der Waals surface area contributed by atoms with Crippen LogP contribution in [0, 0.1) is 0 Å². The van der Waals surface area contributed by atoms with Crippen LogP contribution >= 0.6 is 0 Å². The van der Waals surface area contributed by atoms with Crippen LogP contribution in [0.3, 0.4) is 0 Å². The molecule has 0 aliphatic rings. The highest BCUT2D eigenvalue weighted by molar-refractivity contribution is 5.95. The van der Waals surface area contributed by atoms with E-state index in [0.717, 1.165) is 0 Å². The molecule has 2 heterocycles. The van der Waals surface area contributed by atoms with Crippen LogP contribution in [0.5, 0.6) is 0 Å². The van der Waals surface area contributed by atoms with Gasteiger partial charge in [0.05, 0.1) is 0 Å². The fourth-order valence-electron chi connectivity index (χ4n) is 1.07. The van der Waals surface area contributed by atoms with Crippen LogP contribution in [-0.2, 0) is 4.74 Å². The summed E-state index contributed by atoms with van der Waals surface area (Å²) in [6, 6.07) is 3.05. The number of hydrogen-bond donors (Lipinski definition) is 1. The van der Waals surface area contributed by atoms with E-state index < -0.39 is 12.1 Å². The van der Waals surface area contributed by atoms with Gasteiger partial charge in [0.1, 0.15) is 0 Å². The van der Waals surface area contributed by atoms with Crippen LogP contribution in [-0.4, -0.2) is 26.7 Å². The number of carbonyl (C=O) groups excluding carboxylic acids is 2. The molecule has 0 fully saturated rings. The van der Waals surface area contributed by atoms with E-state index in [4.69, 9.17) is 5.73 Å². The molecule has 7 nitrogen and oxygen atoms in total. The molecule has 0 saturated heterocycles. The van der Waals surface area contributed by atoms with E-state index in [1.807, 2.05) is 0 Å². The number of nitrogens with zero attached hydrogens (tertiary/aromatic N) is 3. The zero-order valence-electron chi connectivity index (χ0n) is 7.45. The Labute approximate surface area is 83.5 Å². The van der Waals surface area contributed by atoms with Gasteiger partial charge in [-0.1, -0.05) is 0 Å². The second-order valence-corrected chi connectivity index (χ2v) is 2.66. The number of nitrogens with two attached hydrogens (primary N) is 1. The largest absolute Gasteiger partial charge is 0.412 e. The van der Waals surface area contributed by atoms with Crippen molar-refractivity contribution < 1.29 is 14.3 Å². The minimum Gasteiger partial charge on any atom is -0.371 e. The number of amides is 1. The van der Waals surface area contributed by atoms with Gasteiger partial charge in [-0.25, -0.2) is 19.1 Å². The maximum absolute atomic E-state index is 11.2. The summed E-state index contributed by atoms with van der Waals surface area (Å²) in [5, 5.41) is 3.84. The number of aromatic nitrogens is 3. The predicted octanol–water partition coefficient (Wildman–Crippen LogP) is -0.0352. The zero-order chi connectivity index (χ0) is 10.8. The summed E-state index contributed by atoms with van der Waals surface area (Å²) in [6.07, 6.45) is 2.01. The Morgan fingerprint density at radius 1 is 1.47 bits per heavy atom. The van der Waals surface area contributed by atoms with Crippen LogP contribution in [0.2, 0.25) is 0 Å². The molecule has 2 rings (SSSR count). The van der Waals surface area contributed by atoms with Gasteiger partial charge in [0.25, 0.3) is 0 Å². The number of hydrogen-bond acceptors (Lipinski definition) is 5. The Kier molecular flexibility index (Phi) is 2.05. The molecule has 2 aromatic heterocycles. The number of primary amides is 1. The predicted molar refractivity (Wildman–Crippen MR) is 48.0 cm³/mol. The Morgan fingerprint density at radius 3 is 2.93 bits per heavy atom. The van der Waals surface area contributed by atoms with Gasteiger partial charge in [-0.15, -0.1) is 0 Å². The van der Waals surface area contributed by atoms with E-state index in [1.54, 1.807) is 18.5 Å². The lowest BCUT2D eigenvalue weighted by Crippen LogP contribution is -2.18. The minimum atomic E-state index is -1.16. The van der Waals surface area contributed by atoms with Crippen LogP contribution in [0.4, 0.5) is 4.79 Å². The molecule has 2 aromatic rings. The number of ether oxygens (including phenoxy) is 1. The van der Waals surface area contributed by atoms with Gasteiger partial charge in [0, 0.05) is 18.5 Å². The summed E-state index contributed by atoms with van der Waals surface area (Å²) in [5.41, 5.74) is 5.15. The summed E-state index contributed by atoms with van der Waals surface area (Å²) in [4.78, 5) is 25.5. The molecular weight excluding hydrogens is 200 g/mol. The lowest BCUT2D eigenvalue weighted by molar-refractivity contribution is 0.0631. The number of rotatable bonds is 1. The smallest absolute Gasteiger partial charge is 0.371 e. The van der Waals surface area contributed by atoms with E-state index in [0.29, 0.717) is 5.65 Å². The van der Waals surface area contributed by atoms with Gasteiger partial charge in [-0.2, -0.15) is 5.10 Å². The van der Waals surface area contributed by atoms with E-state index in [2.05, 4.69) is 14.8 Å². The summed E-state index contributed by atoms with van der Waals surface area (Å²) in [7, 11) is 0. The molecule has 0 aromatic carbocycles. The minimum absolute atomic E-state index is 0.0208. The Balaban J connectivity index is 2.36. The second-order valence-electron chi connectivity index (χ2n) is 2.66. The maximum atomic E-state index is 11.2. The number of carbonyl (C=O) groups is 2. The van der Waals surface area contributed by atoms with Crippen molar-refractivity contribution in [3.63, 3.8) is 0 Å². The highest BCUT2D eigenvalue weighted by atomic mass is 16.6.